The van der Waals surface area contributed by atoms with Gasteiger partial charge in [-0.15, -0.1) is 0 Å². The fraction of sp³-hybridized carbons (Fsp3) is 0.263. The first-order chi connectivity index (χ1) is 12.0. The van der Waals surface area contributed by atoms with Gasteiger partial charge in [-0.25, -0.2) is 4.98 Å². The maximum Gasteiger partial charge on any atom is 0.255 e. The van der Waals surface area contributed by atoms with Crippen LogP contribution in [-0.4, -0.2) is 22.0 Å². The van der Waals surface area contributed by atoms with Gasteiger partial charge in [0.1, 0.15) is 5.82 Å². The van der Waals surface area contributed by atoms with Gasteiger partial charge in [-0.2, -0.15) is 0 Å². The van der Waals surface area contributed by atoms with Gasteiger partial charge in [-0.3, -0.25) is 4.79 Å². The second-order valence-electron chi connectivity index (χ2n) is 6.45. The van der Waals surface area contributed by atoms with Gasteiger partial charge >= 0.3 is 0 Å². The topological polar surface area (TPSA) is 59.0 Å². The Morgan fingerprint density at radius 1 is 1.32 bits per heavy atom. The fourth-order valence-electron chi connectivity index (χ4n) is 2.68. The monoisotopic (exact) mass is 356 g/mol. The molecule has 6 heteroatoms. The highest BCUT2D eigenvalue weighted by Crippen LogP contribution is 2.28. The third-order valence-electron chi connectivity index (χ3n) is 3.91. The van der Waals surface area contributed by atoms with Gasteiger partial charge in [0, 0.05) is 42.1 Å². The van der Waals surface area contributed by atoms with Crippen LogP contribution in [0.4, 0.5) is 11.5 Å². The summed E-state index contributed by atoms with van der Waals surface area (Å²) in [5.74, 6) is 0.977. The Morgan fingerprint density at radius 2 is 2.12 bits per heavy atom. The van der Waals surface area contributed by atoms with Gasteiger partial charge in [-0.1, -0.05) is 31.5 Å². The number of benzene rings is 1. The summed E-state index contributed by atoms with van der Waals surface area (Å²) >= 11 is 6.04. The van der Waals surface area contributed by atoms with E-state index in [0.29, 0.717) is 28.9 Å². The molecule has 0 saturated heterocycles. The van der Waals surface area contributed by atoms with Gasteiger partial charge in [0.2, 0.25) is 0 Å². The average molecular weight is 357 g/mol. The van der Waals surface area contributed by atoms with Crippen LogP contribution < -0.4 is 10.6 Å². The van der Waals surface area contributed by atoms with Crippen LogP contribution in [0, 0.1) is 5.92 Å². The van der Waals surface area contributed by atoms with Crippen molar-refractivity contribution in [3.05, 3.63) is 53.3 Å². The number of hydrogen-bond donors (Lipinski definition) is 2. The molecule has 0 unspecified atom stereocenters. The molecule has 0 aliphatic rings. The number of pyridine rings is 1. The molecule has 0 saturated carbocycles. The Hall–Kier alpha value is -2.53. The van der Waals surface area contributed by atoms with Crippen molar-refractivity contribution in [1.29, 1.82) is 0 Å². The zero-order chi connectivity index (χ0) is 18.0. The third-order valence-corrected chi connectivity index (χ3v) is 4.14. The normalized spacial score (nSPS) is 11.1. The molecule has 130 valence electrons. The Balaban J connectivity index is 1.98. The number of carbonyl (C=O) groups excluding carboxylic acids is 1. The second-order valence-corrected chi connectivity index (χ2v) is 6.89. The summed E-state index contributed by atoms with van der Waals surface area (Å²) in [4.78, 5) is 17.0. The molecule has 0 aliphatic carbocycles. The van der Waals surface area contributed by atoms with E-state index in [0.717, 1.165) is 16.6 Å². The van der Waals surface area contributed by atoms with Crippen molar-refractivity contribution in [2.75, 3.05) is 11.9 Å². The van der Waals surface area contributed by atoms with Crippen molar-refractivity contribution >= 4 is 39.9 Å². The molecule has 0 radical (unpaired) electrons. The molecule has 0 bridgehead atoms. The lowest BCUT2D eigenvalue weighted by Crippen LogP contribution is -2.27. The highest BCUT2D eigenvalue weighted by atomic mass is 35.5. The number of anilines is 2. The number of fused-ring (bicyclic) bond motifs is 1. The van der Waals surface area contributed by atoms with E-state index in [1.54, 1.807) is 6.20 Å². The Bertz CT molecular complexity index is 917. The maximum absolute atomic E-state index is 12.5. The minimum absolute atomic E-state index is 0.109. The lowest BCUT2D eigenvalue weighted by atomic mass is 10.1. The zero-order valence-electron chi connectivity index (χ0n) is 14.5. The Morgan fingerprint density at radius 3 is 2.84 bits per heavy atom. The lowest BCUT2D eigenvalue weighted by molar-refractivity contribution is 0.0950. The molecule has 1 amide bonds. The van der Waals surface area contributed by atoms with Crippen molar-refractivity contribution in [2.24, 2.45) is 13.0 Å². The highest BCUT2D eigenvalue weighted by Gasteiger charge is 2.16. The molecule has 5 nitrogen and oxygen atoms in total. The van der Waals surface area contributed by atoms with Crippen LogP contribution in [0.1, 0.15) is 24.2 Å². The van der Waals surface area contributed by atoms with E-state index >= 15 is 0 Å². The summed E-state index contributed by atoms with van der Waals surface area (Å²) in [6.07, 6.45) is 3.54. The maximum atomic E-state index is 12.5. The van der Waals surface area contributed by atoms with E-state index in [1.165, 1.54) is 0 Å². The van der Waals surface area contributed by atoms with Crippen LogP contribution in [0.15, 0.2) is 42.7 Å². The standard InChI is InChI=1S/C19H21ClN4O/c1-12(2)10-22-19(25)16-11-21-18(15-7-8-24(3)17(15)16)23-14-6-4-5-13(20)9-14/h4-9,11-12H,10H2,1-3H3,(H,21,23)(H,22,25). The molecule has 2 heterocycles. The first kappa shape index (κ1) is 17.3. The predicted octanol–water partition coefficient (Wildman–Crippen LogP) is 4.36. The van der Waals surface area contributed by atoms with Gasteiger partial charge in [0.15, 0.2) is 0 Å². The SMILES string of the molecule is CC(C)CNC(=O)c1cnc(Nc2cccc(Cl)c2)c2ccn(C)c12. The summed E-state index contributed by atoms with van der Waals surface area (Å²) in [7, 11) is 1.92. The summed E-state index contributed by atoms with van der Waals surface area (Å²) < 4.78 is 1.93. The van der Waals surface area contributed by atoms with E-state index in [9.17, 15) is 4.79 Å². The first-order valence-corrected chi connectivity index (χ1v) is 8.58. The molecule has 3 aromatic rings. The van der Waals surface area contributed by atoms with E-state index < -0.39 is 0 Å². The summed E-state index contributed by atoms with van der Waals surface area (Å²) in [6, 6.07) is 9.41. The van der Waals surface area contributed by atoms with Gasteiger partial charge in [0.05, 0.1) is 11.1 Å². The van der Waals surface area contributed by atoms with Gasteiger partial charge < -0.3 is 15.2 Å². The number of hydrogen-bond acceptors (Lipinski definition) is 3. The molecule has 0 fully saturated rings. The molecule has 2 aromatic heterocycles. The lowest BCUT2D eigenvalue weighted by Gasteiger charge is -2.12. The van der Waals surface area contributed by atoms with Crippen LogP contribution in [-0.2, 0) is 7.05 Å². The van der Waals surface area contributed by atoms with Crippen molar-refractivity contribution in [2.45, 2.75) is 13.8 Å². The minimum atomic E-state index is -0.109. The minimum Gasteiger partial charge on any atom is -0.352 e. The number of rotatable bonds is 5. The van der Waals surface area contributed by atoms with Crippen LogP contribution in [0.25, 0.3) is 10.9 Å². The predicted molar refractivity (Wildman–Crippen MR) is 103 cm³/mol. The molecular weight excluding hydrogens is 336 g/mol. The van der Waals surface area contributed by atoms with Gasteiger partial charge in [0.25, 0.3) is 5.91 Å². The largest absolute Gasteiger partial charge is 0.352 e. The van der Waals surface area contributed by atoms with E-state index in [4.69, 9.17) is 11.6 Å². The fourth-order valence-corrected chi connectivity index (χ4v) is 2.87. The number of aryl methyl sites for hydroxylation is 1. The first-order valence-electron chi connectivity index (χ1n) is 8.20. The van der Waals surface area contributed by atoms with E-state index in [2.05, 4.69) is 29.5 Å². The van der Waals surface area contributed by atoms with Crippen LogP contribution in [0.3, 0.4) is 0 Å². The Kier molecular flexibility index (Phi) is 4.95. The van der Waals surface area contributed by atoms with Gasteiger partial charge in [-0.05, 0) is 30.2 Å². The van der Waals surface area contributed by atoms with Crippen molar-refractivity contribution in [3.8, 4) is 0 Å². The summed E-state index contributed by atoms with van der Waals surface area (Å²) in [5.41, 5.74) is 2.27. The molecule has 3 rings (SSSR count). The summed E-state index contributed by atoms with van der Waals surface area (Å²) in [6.45, 7) is 4.76. The molecule has 1 aromatic carbocycles. The number of amides is 1. The van der Waals surface area contributed by atoms with E-state index in [-0.39, 0.29) is 5.91 Å². The van der Waals surface area contributed by atoms with Crippen molar-refractivity contribution < 1.29 is 4.79 Å². The molecule has 25 heavy (non-hydrogen) atoms. The smallest absolute Gasteiger partial charge is 0.255 e. The molecule has 0 atom stereocenters. The Labute approximate surface area is 152 Å². The molecule has 0 spiro atoms. The number of halogens is 1. The third kappa shape index (κ3) is 3.77. The van der Waals surface area contributed by atoms with Crippen LogP contribution >= 0.6 is 11.6 Å². The number of nitrogens with one attached hydrogen (secondary N) is 2. The number of nitrogens with zero attached hydrogens (tertiary/aromatic N) is 2. The second kappa shape index (κ2) is 7.15. The average Bonchev–Trinajstić information content (AvgIpc) is 2.96. The van der Waals surface area contributed by atoms with Crippen LogP contribution in [0.5, 0.6) is 0 Å². The number of carbonyl (C=O) groups is 1. The number of aromatic nitrogens is 2. The quantitative estimate of drug-likeness (QED) is 0.714. The molecule has 0 aliphatic heterocycles. The molecular formula is C19H21ClN4O. The van der Waals surface area contributed by atoms with E-state index in [1.807, 2.05) is 48.1 Å². The van der Waals surface area contributed by atoms with Crippen LogP contribution in [0.2, 0.25) is 5.02 Å². The molecule has 2 N–H and O–H groups in total. The zero-order valence-corrected chi connectivity index (χ0v) is 15.3. The highest BCUT2D eigenvalue weighted by molar-refractivity contribution is 6.30. The van der Waals surface area contributed by atoms with Crippen molar-refractivity contribution in [3.63, 3.8) is 0 Å². The summed E-state index contributed by atoms with van der Waals surface area (Å²) in [5, 5.41) is 7.77. The van der Waals surface area contributed by atoms with Crippen molar-refractivity contribution in [1.82, 2.24) is 14.9 Å².